The summed E-state index contributed by atoms with van der Waals surface area (Å²) in [6, 6.07) is 2.16. The molecule has 1 saturated carbocycles. The Labute approximate surface area is 105 Å². The largest absolute Gasteiger partial charge is 0.348 e. The van der Waals surface area contributed by atoms with Crippen molar-refractivity contribution in [3.8, 4) is 6.07 Å². The van der Waals surface area contributed by atoms with Crippen molar-refractivity contribution in [1.29, 1.82) is 5.26 Å². The minimum Gasteiger partial charge on any atom is -0.348 e. The Balaban J connectivity index is 1.92. The van der Waals surface area contributed by atoms with E-state index in [1.807, 2.05) is 6.92 Å². The molecule has 17 heavy (non-hydrogen) atoms. The molecule has 1 aliphatic rings. The van der Waals surface area contributed by atoms with Crippen molar-refractivity contribution in [3.63, 3.8) is 0 Å². The third-order valence-corrected chi connectivity index (χ3v) is 4.02. The predicted molar refractivity (Wildman–Crippen MR) is 65.1 cm³/mol. The maximum atomic E-state index is 11.9. The summed E-state index contributed by atoms with van der Waals surface area (Å²) in [6.07, 6.45) is 3.14. The number of aryl methyl sites for hydroxylation is 1. The van der Waals surface area contributed by atoms with Crippen LogP contribution in [0.25, 0.3) is 0 Å². The van der Waals surface area contributed by atoms with Crippen LogP contribution in [-0.2, 0) is 11.3 Å². The van der Waals surface area contributed by atoms with E-state index < -0.39 is 5.41 Å². The zero-order valence-corrected chi connectivity index (χ0v) is 10.8. The molecular weight excluding hydrogens is 234 g/mol. The molecule has 4 nitrogen and oxygen atoms in total. The number of aromatic nitrogens is 1. The van der Waals surface area contributed by atoms with Gasteiger partial charge in [-0.25, -0.2) is 4.98 Å². The van der Waals surface area contributed by atoms with Gasteiger partial charge in [0.15, 0.2) is 0 Å². The second-order valence-electron chi connectivity index (χ2n) is 4.75. The highest BCUT2D eigenvalue weighted by molar-refractivity contribution is 7.11. The van der Waals surface area contributed by atoms with Crippen LogP contribution in [0.15, 0.2) is 6.20 Å². The van der Waals surface area contributed by atoms with Crippen LogP contribution in [0.5, 0.6) is 0 Å². The van der Waals surface area contributed by atoms with Gasteiger partial charge >= 0.3 is 0 Å². The molecule has 1 fully saturated rings. The fraction of sp³-hybridized carbons (Fsp3) is 0.583. The van der Waals surface area contributed by atoms with Crippen molar-refractivity contribution in [2.75, 3.05) is 0 Å². The summed E-state index contributed by atoms with van der Waals surface area (Å²) < 4.78 is 0. The summed E-state index contributed by atoms with van der Waals surface area (Å²) >= 11 is 1.57. The number of nitrogens with zero attached hydrogens (tertiary/aromatic N) is 2. The van der Waals surface area contributed by atoms with Gasteiger partial charge in [-0.2, -0.15) is 5.26 Å². The first-order chi connectivity index (χ1) is 8.05. The second-order valence-corrected chi connectivity index (χ2v) is 6.07. The molecule has 90 valence electrons. The molecule has 1 aliphatic carbocycles. The van der Waals surface area contributed by atoms with Crippen LogP contribution < -0.4 is 5.32 Å². The Morgan fingerprint density at radius 2 is 2.47 bits per heavy atom. The van der Waals surface area contributed by atoms with Crippen LogP contribution in [0.2, 0.25) is 0 Å². The Hall–Kier alpha value is -1.41. The van der Waals surface area contributed by atoms with Crippen LogP contribution in [0.3, 0.4) is 0 Å². The van der Waals surface area contributed by atoms with Gasteiger partial charge in [-0.1, -0.05) is 6.92 Å². The van der Waals surface area contributed by atoms with E-state index in [1.165, 1.54) is 0 Å². The van der Waals surface area contributed by atoms with Crippen LogP contribution in [0.4, 0.5) is 0 Å². The number of hydrogen-bond donors (Lipinski definition) is 1. The molecule has 0 aromatic carbocycles. The maximum absolute atomic E-state index is 11.9. The Kier molecular flexibility index (Phi) is 3.16. The monoisotopic (exact) mass is 249 g/mol. The lowest BCUT2D eigenvalue weighted by Gasteiger charge is -2.39. The smallest absolute Gasteiger partial charge is 0.240 e. The first kappa shape index (κ1) is 12.1. The van der Waals surface area contributed by atoms with E-state index in [0.29, 0.717) is 25.3 Å². The molecule has 1 aromatic rings. The van der Waals surface area contributed by atoms with Gasteiger partial charge in [0.05, 0.1) is 12.6 Å². The molecule has 0 bridgehead atoms. The van der Waals surface area contributed by atoms with E-state index in [-0.39, 0.29) is 5.91 Å². The van der Waals surface area contributed by atoms with Crippen LogP contribution in [-0.4, -0.2) is 10.9 Å². The van der Waals surface area contributed by atoms with E-state index in [2.05, 4.69) is 23.3 Å². The second kappa shape index (κ2) is 4.46. The van der Waals surface area contributed by atoms with Crippen LogP contribution >= 0.6 is 11.3 Å². The summed E-state index contributed by atoms with van der Waals surface area (Å²) in [7, 11) is 0. The highest BCUT2D eigenvalue weighted by Crippen LogP contribution is 2.45. The van der Waals surface area contributed by atoms with E-state index in [0.717, 1.165) is 9.88 Å². The van der Waals surface area contributed by atoms with E-state index in [4.69, 9.17) is 5.26 Å². The van der Waals surface area contributed by atoms with Crippen molar-refractivity contribution >= 4 is 17.2 Å². The third kappa shape index (κ3) is 2.32. The maximum Gasteiger partial charge on any atom is 0.240 e. The molecule has 1 aromatic heterocycles. The Bertz CT molecular complexity index is 468. The first-order valence-electron chi connectivity index (χ1n) is 5.66. The number of nitrogens with one attached hydrogen (secondary N) is 1. The van der Waals surface area contributed by atoms with E-state index in [9.17, 15) is 4.79 Å². The molecule has 0 radical (unpaired) electrons. The molecule has 1 amide bonds. The fourth-order valence-corrected chi connectivity index (χ4v) is 2.99. The zero-order valence-electron chi connectivity index (χ0n) is 9.99. The SMILES string of the molecule is Cc1cnc(CNC(=O)C2(C#N)CC(C)C2)s1. The standard InChI is InChI=1S/C12H15N3OS/c1-8-3-12(4-8,7-13)11(16)15-6-10-14-5-9(2)17-10/h5,8H,3-4,6H2,1-2H3,(H,15,16). The Morgan fingerprint density at radius 3 is 2.94 bits per heavy atom. The number of amides is 1. The van der Waals surface area contributed by atoms with Crippen molar-refractivity contribution in [2.45, 2.75) is 33.2 Å². The molecule has 0 saturated heterocycles. The Morgan fingerprint density at radius 1 is 1.76 bits per heavy atom. The topological polar surface area (TPSA) is 65.8 Å². The van der Waals surface area contributed by atoms with E-state index in [1.54, 1.807) is 17.5 Å². The minimum absolute atomic E-state index is 0.147. The minimum atomic E-state index is -0.786. The molecule has 1 heterocycles. The molecule has 2 rings (SSSR count). The molecule has 0 unspecified atom stereocenters. The lowest BCUT2D eigenvalue weighted by atomic mass is 9.63. The summed E-state index contributed by atoms with van der Waals surface area (Å²) in [5.41, 5.74) is -0.786. The van der Waals surface area contributed by atoms with Crippen molar-refractivity contribution in [3.05, 3.63) is 16.1 Å². The highest BCUT2D eigenvalue weighted by atomic mass is 32.1. The first-order valence-corrected chi connectivity index (χ1v) is 6.48. The number of rotatable bonds is 3. The van der Waals surface area contributed by atoms with Crippen LogP contribution in [0.1, 0.15) is 29.7 Å². The van der Waals surface area contributed by atoms with Gasteiger partial charge in [-0.3, -0.25) is 4.79 Å². The fourth-order valence-electron chi connectivity index (χ4n) is 2.27. The number of hydrogen-bond acceptors (Lipinski definition) is 4. The van der Waals surface area contributed by atoms with Gasteiger partial charge in [0.25, 0.3) is 0 Å². The molecule has 1 N–H and O–H groups in total. The number of carbonyl (C=O) groups excluding carboxylic acids is 1. The number of thiazole rings is 1. The molecule has 0 spiro atoms. The lowest BCUT2D eigenvalue weighted by molar-refractivity contribution is -0.134. The van der Waals surface area contributed by atoms with Gasteiger partial charge in [-0.05, 0) is 25.7 Å². The predicted octanol–water partition coefficient (Wildman–Crippen LogP) is 2.01. The molecule has 0 aliphatic heterocycles. The summed E-state index contributed by atoms with van der Waals surface area (Å²) in [5.74, 6) is 0.327. The molecule has 0 atom stereocenters. The lowest BCUT2D eigenvalue weighted by Crippen LogP contribution is -2.47. The zero-order chi connectivity index (χ0) is 12.5. The summed E-state index contributed by atoms with van der Waals surface area (Å²) in [6.45, 7) is 4.47. The summed E-state index contributed by atoms with van der Waals surface area (Å²) in [5, 5.41) is 12.8. The van der Waals surface area contributed by atoms with E-state index >= 15 is 0 Å². The average molecular weight is 249 g/mol. The van der Waals surface area contributed by atoms with Crippen molar-refractivity contribution < 1.29 is 4.79 Å². The van der Waals surface area contributed by atoms with Crippen molar-refractivity contribution in [1.82, 2.24) is 10.3 Å². The average Bonchev–Trinajstić information content (AvgIpc) is 2.67. The van der Waals surface area contributed by atoms with Crippen LogP contribution in [0, 0.1) is 29.6 Å². The van der Waals surface area contributed by atoms with Gasteiger partial charge in [0.2, 0.25) is 5.91 Å². The normalized spacial score (nSPS) is 27.0. The number of nitriles is 1. The quantitative estimate of drug-likeness (QED) is 0.891. The van der Waals surface area contributed by atoms with Gasteiger partial charge in [0.1, 0.15) is 10.4 Å². The third-order valence-electron chi connectivity index (χ3n) is 3.11. The van der Waals surface area contributed by atoms with Gasteiger partial charge in [-0.15, -0.1) is 11.3 Å². The van der Waals surface area contributed by atoms with Gasteiger partial charge in [0, 0.05) is 11.1 Å². The van der Waals surface area contributed by atoms with Crippen molar-refractivity contribution in [2.24, 2.45) is 11.3 Å². The van der Waals surface area contributed by atoms with Gasteiger partial charge < -0.3 is 5.32 Å². The molecular formula is C12H15N3OS. The highest BCUT2D eigenvalue weighted by Gasteiger charge is 2.48. The summed E-state index contributed by atoms with van der Waals surface area (Å²) in [4.78, 5) is 17.2. The molecule has 5 heteroatoms. The number of carbonyl (C=O) groups is 1.